The summed E-state index contributed by atoms with van der Waals surface area (Å²) in [4.78, 5) is 29.4. The molecule has 0 aromatic heterocycles. The molecule has 1 fully saturated rings. The summed E-state index contributed by atoms with van der Waals surface area (Å²) in [5.74, 6) is -0.830. The zero-order valence-electron chi connectivity index (χ0n) is 21.8. The van der Waals surface area contributed by atoms with Gasteiger partial charge in [-0.2, -0.15) is 0 Å². The predicted molar refractivity (Wildman–Crippen MR) is 136 cm³/mol. The Balaban J connectivity index is 1.63. The second-order valence-electron chi connectivity index (χ2n) is 10.2. The summed E-state index contributed by atoms with van der Waals surface area (Å²) in [6.45, 7) is 5.24. The Morgan fingerprint density at radius 2 is 1.89 bits per heavy atom. The van der Waals surface area contributed by atoms with Gasteiger partial charge in [-0.25, -0.2) is 8.78 Å². The van der Waals surface area contributed by atoms with E-state index in [-0.39, 0.29) is 54.5 Å². The van der Waals surface area contributed by atoms with E-state index < -0.39 is 11.6 Å². The van der Waals surface area contributed by atoms with Crippen LogP contribution in [0.1, 0.15) is 42.6 Å². The number of ether oxygens (including phenoxy) is 2. The van der Waals surface area contributed by atoms with Crippen molar-refractivity contribution in [2.24, 2.45) is 11.8 Å². The van der Waals surface area contributed by atoms with Crippen molar-refractivity contribution in [2.75, 3.05) is 39.2 Å². The average Bonchev–Trinajstić information content (AvgIpc) is 3.72. The van der Waals surface area contributed by atoms with Crippen molar-refractivity contribution in [3.8, 4) is 5.75 Å². The smallest absolute Gasteiger partial charge is 0.257 e. The molecule has 1 saturated carbocycles. The third-order valence-electron chi connectivity index (χ3n) is 7.17. The fourth-order valence-corrected chi connectivity index (χ4v) is 4.62. The van der Waals surface area contributed by atoms with Crippen LogP contribution in [-0.2, 0) is 16.1 Å². The zero-order chi connectivity index (χ0) is 26.7. The average molecular weight is 516 g/mol. The van der Waals surface area contributed by atoms with E-state index in [0.717, 1.165) is 25.0 Å². The molecule has 3 atom stereocenters. The summed E-state index contributed by atoms with van der Waals surface area (Å²) in [6, 6.07) is 8.35. The normalized spacial score (nSPS) is 23.5. The second kappa shape index (κ2) is 11.6. The van der Waals surface area contributed by atoms with Gasteiger partial charge in [-0.15, -0.1) is 0 Å². The highest BCUT2D eigenvalue weighted by atomic mass is 19.1. The van der Waals surface area contributed by atoms with E-state index in [1.165, 1.54) is 6.07 Å². The summed E-state index contributed by atoms with van der Waals surface area (Å²) < 4.78 is 40.2. The molecular formula is C28H35F2N3O4. The first kappa shape index (κ1) is 27.0. The number of nitrogens with zero attached hydrogens (tertiary/aromatic N) is 2. The molecule has 0 spiro atoms. The summed E-state index contributed by atoms with van der Waals surface area (Å²) in [7, 11) is 3.31. The summed E-state index contributed by atoms with van der Waals surface area (Å²) in [6.07, 6.45) is 1.47. The Bertz CT molecular complexity index is 1140. The molecule has 4 rings (SSSR count). The van der Waals surface area contributed by atoms with Crippen molar-refractivity contribution in [3.63, 3.8) is 0 Å². The maximum atomic E-state index is 14.5. The van der Waals surface area contributed by atoms with Crippen LogP contribution in [0.3, 0.4) is 0 Å². The molecular weight excluding hydrogens is 480 g/mol. The minimum Gasteiger partial charge on any atom is -0.491 e. The molecule has 2 aromatic rings. The van der Waals surface area contributed by atoms with Gasteiger partial charge in [-0.3, -0.25) is 14.5 Å². The molecule has 2 aliphatic rings. The van der Waals surface area contributed by atoms with Gasteiger partial charge in [0.05, 0.1) is 11.7 Å². The molecule has 1 heterocycles. The molecule has 2 aromatic carbocycles. The fraction of sp³-hybridized carbons (Fsp3) is 0.500. The molecule has 1 aliphatic carbocycles. The maximum Gasteiger partial charge on any atom is 0.257 e. The van der Waals surface area contributed by atoms with E-state index in [9.17, 15) is 18.4 Å². The Hall–Kier alpha value is -3.04. The van der Waals surface area contributed by atoms with Crippen LogP contribution in [0, 0.1) is 23.5 Å². The van der Waals surface area contributed by atoms with Gasteiger partial charge in [-0.1, -0.05) is 6.92 Å². The van der Waals surface area contributed by atoms with Gasteiger partial charge in [0.25, 0.3) is 5.91 Å². The van der Waals surface area contributed by atoms with Crippen LogP contribution in [0.4, 0.5) is 14.5 Å². The van der Waals surface area contributed by atoms with Crippen LogP contribution >= 0.6 is 0 Å². The number of likely N-dealkylation sites (N-methyl/N-ethyl adjacent to an activating group) is 1. The summed E-state index contributed by atoms with van der Waals surface area (Å²) in [5, 5.41) is 2.89. The highest BCUT2D eigenvalue weighted by molar-refractivity contribution is 6.00. The van der Waals surface area contributed by atoms with Gasteiger partial charge in [0, 0.05) is 57.0 Å². The number of carbonyl (C=O) groups is 2. The van der Waals surface area contributed by atoms with Gasteiger partial charge >= 0.3 is 0 Å². The van der Waals surface area contributed by atoms with Gasteiger partial charge in [0.1, 0.15) is 24.0 Å². The molecule has 1 N–H and O–H groups in total. The monoisotopic (exact) mass is 515 g/mol. The SMILES string of the molecule is CO[C@@H]1CN(C)C(=O)c2cc(NC(=O)C3CC3)ccc2OC[C@@H](C)N(Cc2cc(F)ccc2F)C[C@H]1C. The van der Waals surface area contributed by atoms with E-state index in [0.29, 0.717) is 30.1 Å². The van der Waals surface area contributed by atoms with E-state index in [2.05, 4.69) is 5.32 Å². The first-order valence-corrected chi connectivity index (χ1v) is 12.7. The van der Waals surface area contributed by atoms with Crippen molar-refractivity contribution < 1.29 is 27.8 Å². The van der Waals surface area contributed by atoms with Gasteiger partial charge in [0.2, 0.25) is 5.91 Å². The predicted octanol–water partition coefficient (Wildman–Crippen LogP) is 4.32. The van der Waals surface area contributed by atoms with Crippen LogP contribution in [0.5, 0.6) is 5.75 Å². The summed E-state index contributed by atoms with van der Waals surface area (Å²) in [5.41, 5.74) is 1.15. The fourth-order valence-electron chi connectivity index (χ4n) is 4.62. The number of nitrogens with one attached hydrogen (secondary N) is 1. The number of halogens is 2. The van der Waals surface area contributed by atoms with E-state index in [1.807, 2.05) is 18.7 Å². The van der Waals surface area contributed by atoms with E-state index >= 15 is 0 Å². The van der Waals surface area contributed by atoms with Crippen molar-refractivity contribution in [2.45, 2.75) is 45.4 Å². The maximum absolute atomic E-state index is 14.5. The molecule has 200 valence electrons. The largest absolute Gasteiger partial charge is 0.491 e. The van der Waals surface area contributed by atoms with Crippen LogP contribution < -0.4 is 10.1 Å². The number of benzene rings is 2. The molecule has 0 radical (unpaired) electrons. The standard InChI is InChI=1S/C28H35F2N3O4/c1-17-13-33(14-20-11-21(29)7-9-24(20)30)18(2)16-37-25-10-8-22(31-27(34)19-5-6-19)12-23(25)28(35)32(3)15-26(17)36-4/h7-12,17-19,26H,5-6,13-16H2,1-4H3,(H,31,34)/t17-,18-,26-/m1/s1. The molecule has 0 unspecified atom stereocenters. The first-order valence-electron chi connectivity index (χ1n) is 12.7. The lowest BCUT2D eigenvalue weighted by molar-refractivity contribution is -0.117. The van der Waals surface area contributed by atoms with Crippen molar-refractivity contribution >= 4 is 17.5 Å². The van der Waals surface area contributed by atoms with Crippen LogP contribution in [0.15, 0.2) is 36.4 Å². The molecule has 0 saturated heterocycles. The van der Waals surface area contributed by atoms with Gasteiger partial charge in [0.15, 0.2) is 0 Å². The quantitative estimate of drug-likeness (QED) is 0.642. The molecule has 1 aliphatic heterocycles. The lowest BCUT2D eigenvalue weighted by atomic mass is 10.0. The lowest BCUT2D eigenvalue weighted by Crippen LogP contribution is -2.46. The Morgan fingerprint density at radius 3 is 2.59 bits per heavy atom. The van der Waals surface area contributed by atoms with Gasteiger partial charge in [-0.05, 0) is 62.1 Å². The number of rotatable bonds is 5. The number of fused-ring (bicyclic) bond motifs is 1. The Kier molecular flexibility index (Phi) is 8.44. The number of hydrogen-bond acceptors (Lipinski definition) is 5. The highest BCUT2D eigenvalue weighted by Crippen LogP contribution is 2.32. The summed E-state index contributed by atoms with van der Waals surface area (Å²) >= 11 is 0. The minimum absolute atomic E-state index is 0.0256. The Labute approximate surface area is 216 Å². The van der Waals surface area contributed by atoms with Crippen molar-refractivity contribution in [1.82, 2.24) is 9.80 Å². The molecule has 9 heteroatoms. The minimum atomic E-state index is -0.490. The third kappa shape index (κ3) is 6.64. The molecule has 2 amide bonds. The number of methoxy groups -OCH3 is 1. The first-order chi connectivity index (χ1) is 17.7. The van der Waals surface area contributed by atoms with Crippen LogP contribution in [-0.4, -0.2) is 67.6 Å². The van der Waals surface area contributed by atoms with E-state index in [1.54, 1.807) is 37.3 Å². The van der Waals surface area contributed by atoms with Gasteiger partial charge < -0.3 is 19.7 Å². The van der Waals surface area contributed by atoms with Crippen molar-refractivity contribution in [1.29, 1.82) is 0 Å². The van der Waals surface area contributed by atoms with Crippen molar-refractivity contribution in [3.05, 3.63) is 59.2 Å². The second-order valence-corrected chi connectivity index (χ2v) is 10.2. The number of anilines is 1. The lowest BCUT2D eigenvalue weighted by Gasteiger charge is -2.36. The highest BCUT2D eigenvalue weighted by Gasteiger charge is 2.31. The number of carbonyl (C=O) groups excluding carboxylic acids is 2. The molecule has 0 bridgehead atoms. The number of hydrogen-bond donors (Lipinski definition) is 1. The zero-order valence-corrected chi connectivity index (χ0v) is 21.8. The third-order valence-corrected chi connectivity index (χ3v) is 7.17. The van der Waals surface area contributed by atoms with Crippen LogP contribution in [0.2, 0.25) is 0 Å². The Morgan fingerprint density at radius 1 is 1.14 bits per heavy atom. The molecule has 37 heavy (non-hydrogen) atoms. The molecule has 7 nitrogen and oxygen atoms in total. The number of amides is 2. The topological polar surface area (TPSA) is 71.1 Å². The van der Waals surface area contributed by atoms with Crippen LogP contribution in [0.25, 0.3) is 0 Å². The van der Waals surface area contributed by atoms with E-state index in [4.69, 9.17) is 9.47 Å².